The molecule has 0 bridgehead atoms. The summed E-state index contributed by atoms with van der Waals surface area (Å²) >= 11 is 3.61. The number of halogens is 1. The number of carbonyl (C=O) groups is 1. The maximum atomic E-state index is 12.8. The molecular weight excluding hydrogens is 378 g/mol. The molecular formula is C21H32BrNO2. The highest BCUT2D eigenvalue weighted by Gasteiger charge is 2.34. The van der Waals surface area contributed by atoms with Gasteiger partial charge in [0, 0.05) is 17.1 Å². The molecule has 0 spiro atoms. The maximum Gasteiger partial charge on any atom is 0.410 e. The van der Waals surface area contributed by atoms with Gasteiger partial charge in [-0.2, -0.15) is 0 Å². The molecule has 1 aromatic carbocycles. The normalized spacial score (nSPS) is 18.0. The second-order valence-corrected chi connectivity index (χ2v) is 9.76. The molecule has 1 fully saturated rings. The number of carbonyl (C=O) groups excluding carboxylic acids is 1. The Morgan fingerprint density at radius 2 is 1.84 bits per heavy atom. The van der Waals surface area contributed by atoms with E-state index in [2.05, 4.69) is 41.9 Å². The number of nitrogens with zero attached hydrogens (tertiary/aromatic N) is 1. The summed E-state index contributed by atoms with van der Waals surface area (Å²) in [6, 6.07) is 8.51. The Balaban J connectivity index is 2.09. The van der Waals surface area contributed by atoms with E-state index in [1.54, 1.807) is 0 Å². The fraction of sp³-hybridized carbons (Fsp3) is 0.667. The SMILES string of the molecule is CC1(C)CCC(N(CCc2ccccc2Br)C(=O)OC(C)(C)C)CC1. The van der Waals surface area contributed by atoms with E-state index < -0.39 is 5.60 Å². The van der Waals surface area contributed by atoms with Crippen molar-refractivity contribution in [1.29, 1.82) is 0 Å². The number of amides is 1. The second kappa shape index (κ2) is 8.11. The Labute approximate surface area is 161 Å². The Bertz CT molecular complexity index is 582. The average Bonchev–Trinajstić information content (AvgIpc) is 2.48. The minimum Gasteiger partial charge on any atom is -0.444 e. The van der Waals surface area contributed by atoms with Crippen LogP contribution in [0.2, 0.25) is 0 Å². The van der Waals surface area contributed by atoms with Crippen molar-refractivity contribution in [2.24, 2.45) is 5.41 Å². The highest BCUT2D eigenvalue weighted by molar-refractivity contribution is 9.10. The lowest BCUT2D eigenvalue weighted by Crippen LogP contribution is -2.46. The van der Waals surface area contributed by atoms with Crippen LogP contribution in [-0.2, 0) is 11.2 Å². The standard InChI is InChI=1S/C21H32BrNO2/c1-20(2,3)25-19(24)23(17-10-13-21(4,5)14-11-17)15-12-16-8-6-7-9-18(16)22/h6-9,17H,10-15H2,1-5H3. The minimum atomic E-state index is -0.462. The molecule has 1 aromatic rings. The number of hydrogen-bond acceptors (Lipinski definition) is 2. The summed E-state index contributed by atoms with van der Waals surface area (Å²) in [4.78, 5) is 14.8. The molecule has 0 radical (unpaired) electrons. The van der Waals surface area contributed by atoms with Gasteiger partial charge in [0.1, 0.15) is 5.60 Å². The van der Waals surface area contributed by atoms with Crippen LogP contribution in [0.1, 0.15) is 65.9 Å². The van der Waals surface area contributed by atoms with E-state index in [1.807, 2.05) is 37.8 Å². The molecule has 0 saturated heterocycles. The van der Waals surface area contributed by atoms with E-state index >= 15 is 0 Å². The van der Waals surface area contributed by atoms with Gasteiger partial charge < -0.3 is 9.64 Å². The molecule has 1 amide bonds. The molecule has 2 rings (SSSR count). The third-order valence-corrected chi connectivity index (χ3v) is 5.73. The van der Waals surface area contributed by atoms with Crippen LogP contribution in [0.4, 0.5) is 4.79 Å². The van der Waals surface area contributed by atoms with E-state index in [0.717, 1.165) is 36.6 Å². The molecule has 0 aromatic heterocycles. The van der Waals surface area contributed by atoms with Gasteiger partial charge in [0.2, 0.25) is 0 Å². The molecule has 0 N–H and O–H groups in total. The first-order valence-electron chi connectivity index (χ1n) is 9.30. The molecule has 1 aliphatic rings. The highest BCUT2D eigenvalue weighted by atomic mass is 79.9. The van der Waals surface area contributed by atoms with Crippen LogP contribution in [0.5, 0.6) is 0 Å². The molecule has 0 aliphatic heterocycles. The first kappa shape index (κ1) is 20.3. The van der Waals surface area contributed by atoms with Crippen LogP contribution in [0.3, 0.4) is 0 Å². The van der Waals surface area contributed by atoms with Gasteiger partial charge >= 0.3 is 6.09 Å². The Morgan fingerprint density at radius 1 is 1.24 bits per heavy atom. The number of rotatable bonds is 4. The zero-order valence-electron chi connectivity index (χ0n) is 16.3. The number of hydrogen-bond donors (Lipinski definition) is 0. The van der Waals surface area contributed by atoms with Crippen LogP contribution in [0.25, 0.3) is 0 Å². The van der Waals surface area contributed by atoms with Crippen LogP contribution in [-0.4, -0.2) is 29.2 Å². The minimum absolute atomic E-state index is 0.177. The van der Waals surface area contributed by atoms with Gasteiger partial charge in [-0.15, -0.1) is 0 Å². The van der Waals surface area contributed by atoms with Crippen LogP contribution >= 0.6 is 15.9 Å². The van der Waals surface area contributed by atoms with E-state index in [1.165, 1.54) is 5.56 Å². The molecule has 25 heavy (non-hydrogen) atoms. The summed E-state index contributed by atoms with van der Waals surface area (Å²) in [5.74, 6) is 0. The van der Waals surface area contributed by atoms with Gasteiger partial charge in [0.05, 0.1) is 0 Å². The highest BCUT2D eigenvalue weighted by Crippen LogP contribution is 2.37. The predicted molar refractivity (Wildman–Crippen MR) is 107 cm³/mol. The van der Waals surface area contributed by atoms with Crippen molar-refractivity contribution >= 4 is 22.0 Å². The smallest absolute Gasteiger partial charge is 0.410 e. The molecule has 1 aliphatic carbocycles. The van der Waals surface area contributed by atoms with Gasteiger partial charge in [-0.1, -0.05) is 48.0 Å². The molecule has 1 saturated carbocycles. The van der Waals surface area contributed by atoms with Gasteiger partial charge in [0.15, 0.2) is 0 Å². The molecule has 3 nitrogen and oxygen atoms in total. The number of benzene rings is 1. The van der Waals surface area contributed by atoms with Crippen molar-refractivity contribution in [2.45, 2.75) is 78.4 Å². The second-order valence-electron chi connectivity index (χ2n) is 8.91. The van der Waals surface area contributed by atoms with Crippen molar-refractivity contribution in [3.63, 3.8) is 0 Å². The van der Waals surface area contributed by atoms with E-state index in [9.17, 15) is 4.79 Å². The molecule has 0 unspecified atom stereocenters. The summed E-state index contributed by atoms with van der Waals surface area (Å²) in [5.41, 5.74) is 1.15. The Morgan fingerprint density at radius 3 is 2.40 bits per heavy atom. The summed E-state index contributed by atoms with van der Waals surface area (Å²) in [6.45, 7) is 11.1. The summed E-state index contributed by atoms with van der Waals surface area (Å²) in [7, 11) is 0. The van der Waals surface area contributed by atoms with E-state index in [-0.39, 0.29) is 12.1 Å². The van der Waals surface area contributed by atoms with Crippen molar-refractivity contribution in [1.82, 2.24) is 4.90 Å². The monoisotopic (exact) mass is 409 g/mol. The van der Waals surface area contributed by atoms with Crippen molar-refractivity contribution in [3.05, 3.63) is 34.3 Å². The Hall–Kier alpha value is -1.03. The zero-order chi connectivity index (χ0) is 18.7. The van der Waals surface area contributed by atoms with Crippen molar-refractivity contribution in [2.75, 3.05) is 6.54 Å². The largest absolute Gasteiger partial charge is 0.444 e. The average molecular weight is 410 g/mol. The van der Waals surface area contributed by atoms with E-state index in [4.69, 9.17) is 4.74 Å². The zero-order valence-corrected chi connectivity index (χ0v) is 17.9. The first-order valence-corrected chi connectivity index (χ1v) is 10.1. The first-order chi connectivity index (χ1) is 11.6. The van der Waals surface area contributed by atoms with Gasteiger partial charge in [-0.05, 0) is 69.9 Å². The van der Waals surface area contributed by atoms with Crippen LogP contribution in [0, 0.1) is 5.41 Å². The lowest BCUT2D eigenvalue weighted by atomic mass is 9.75. The third kappa shape index (κ3) is 6.32. The van der Waals surface area contributed by atoms with Gasteiger partial charge in [0.25, 0.3) is 0 Å². The summed E-state index contributed by atoms with van der Waals surface area (Å²) in [5, 5.41) is 0. The molecule has 0 atom stereocenters. The topological polar surface area (TPSA) is 29.5 Å². The number of ether oxygens (including phenoxy) is 1. The Kier molecular flexibility index (Phi) is 6.58. The van der Waals surface area contributed by atoms with E-state index in [0.29, 0.717) is 12.0 Å². The van der Waals surface area contributed by atoms with Crippen LogP contribution < -0.4 is 0 Å². The fourth-order valence-corrected chi connectivity index (χ4v) is 3.86. The fourth-order valence-electron chi connectivity index (χ4n) is 3.38. The van der Waals surface area contributed by atoms with Crippen molar-refractivity contribution < 1.29 is 9.53 Å². The predicted octanol–water partition coefficient (Wildman–Crippen LogP) is 6.20. The lowest BCUT2D eigenvalue weighted by molar-refractivity contribution is 0.00762. The molecule has 0 heterocycles. The maximum absolute atomic E-state index is 12.8. The quantitative estimate of drug-likeness (QED) is 0.592. The van der Waals surface area contributed by atoms with Crippen molar-refractivity contribution in [3.8, 4) is 0 Å². The lowest BCUT2D eigenvalue weighted by Gasteiger charge is -2.40. The molecule has 140 valence electrons. The summed E-state index contributed by atoms with van der Waals surface area (Å²) in [6.07, 6.45) is 5.09. The van der Waals surface area contributed by atoms with Crippen LogP contribution in [0.15, 0.2) is 28.7 Å². The third-order valence-electron chi connectivity index (χ3n) is 4.96. The molecule has 4 heteroatoms. The van der Waals surface area contributed by atoms with Gasteiger partial charge in [-0.25, -0.2) is 4.79 Å². The summed E-state index contributed by atoms with van der Waals surface area (Å²) < 4.78 is 6.80. The van der Waals surface area contributed by atoms with Gasteiger partial charge in [-0.3, -0.25) is 0 Å².